The molecule has 0 aromatic carbocycles. The van der Waals surface area contributed by atoms with Crippen molar-refractivity contribution in [2.24, 2.45) is 0 Å². The number of nitrogens with zero attached hydrogens (tertiary/aromatic N) is 2. The SMILES string of the molecule is C=C(C)CN(C)S(=O)(=O)c1cc(C(=O)O)n(C(C)C)c1. The van der Waals surface area contributed by atoms with Gasteiger partial charge in [0.15, 0.2) is 0 Å². The van der Waals surface area contributed by atoms with E-state index in [-0.39, 0.29) is 23.2 Å². The first-order valence-electron chi connectivity index (χ1n) is 6.13. The Balaban J connectivity index is 3.30. The highest BCUT2D eigenvalue weighted by molar-refractivity contribution is 7.89. The number of carbonyl (C=O) groups is 1. The first-order chi connectivity index (χ1) is 9.07. The summed E-state index contributed by atoms with van der Waals surface area (Å²) in [6, 6.07) is 1.04. The van der Waals surface area contributed by atoms with E-state index >= 15 is 0 Å². The van der Waals surface area contributed by atoms with Crippen LogP contribution in [0.5, 0.6) is 0 Å². The fraction of sp³-hybridized carbons (Fsp3) is 0.462. The zero-order valence-electron chi connectivity index (χ0n) is 12.1. The maximum atomic E-state index is 12.4. The molecule has 0 spiro atoms. The van der Waals surface area contributed by atoms with Crippen molar-refractivity contribution in [2.75, 3.05) is 13.6 Å². The van der Waals surface area contributed by atoms with Gasteiger partial charge in [0.1, 0.15) is 10.6 Å². The number of sulfonamides is 1. The van der Waals surface area contributed by atoms with Gasteiger partial charge in [-0.25, -0.2) is 13.2 Å². The number of aromatic carboxylic acids is 1. The van der Waals surface area contributed by atoms with E-state index in [1.54, 1.807) is 20.8 Å². The average molecular weight is 300 g/mol. The molecule has 6 nitrogen and oxygen atoms in total. The second-order valence-electron chi connectivity index (χ2n) is 5.09. The summed E-state index contributed by atoms with van der Waals surface area (Å²) in [7, 11) is -2.27. The smallest absolute Gasteiger partial charge is 0.352 e. The zero-order chi connectivity index (χ0) is 15.7. The Morgan fingerprint density at radius 1 is 1.50 bits per heavy atom. The van der Waals surface area contributed by atoms with Crippen LogP contribution in [0.25, 0.3) is 0 Å². The second-order valence-corrected chi connectivity index (χ2v) is 7.13. The molecule has 20 heavy (non-hydrogen) atoms. The van der Waals surface area contributed by atoms with Crippen LogP contribution in [0.15, 0.2) is 29.3 Å². The summed E-state index contributed by atoms with van der Waals surface area (Å²) in [4.78, 5) is 11.1. The fourth-order valence-corrected chi connectivity index (χ4v) is 3.10. The molecule has 0 aliphatic carbocycles. The van der Waals surface area contributed by atoms with E-state index in [0.29, 0.717) is 5.57 Å². The average Bonchev–Trinajstić information content (AvgIpc) is 2.73. The highest BCUT2D eigenvalue weighted by Crippen LogP contribution is 2.22. The molecule has 0 saturated heterocycles. The van der Waals surface area contributed by atoms with Gasteiger partial charge in [0.05, 0.1) is 0 Å². The van der Waals surface area contributed by atoms with E-state index in [0.717, 1.165) is 4.31 Å². The van der Waals surface area contributed by atoms with Crippen LogP contribution in [0.3, 0.4) is 0 Å². The van der Waals surface area contributed by atoms with E-state index in [9.17, 15) is 13.2 Å². The Labute approximate surface area is 119 Å². The van der Waals surface area contributed by atoms with Crippen molar-refractivity contribution in [1.29, 1.82) is 0 Å². The third-order valence-electron chi connectivity index (χ3n) is 2.80. The Bertz CT molecular complexity index is 629. The first kappa shape index (κ1) is 16.5. The second kappa shape index (κ2) is 5.80. The molecule has 0 fully saturated rings. The molecule has 0 unspecified atom stereocenters. The van der Waals surface area contributed by atoms with Crippen LogP contribution < -0.4 is 0 Å². The predicted molar refractivity (Wildman–Crippen MR) is 76.4 cm³/mol. The lowest BCUT2D eigenvalue weighted by Crippen LogP contribution is -2.28. The molecular weight excluding hydrogens is 280 g/mol. The molecule has 1 N–H and O–H groups in total. The standard InChI is InChI=1S/C13H20N2O4S/c1-9(2)7-14(5)20(18,19)11-6-12(13(16)17)15(8-11)10(3)4/h6,8,10H,1,7H2,2-5H3,(H,16,17). The molecule has 0 aliphatic heterocycles. The molecule has 1 heterocycles. The van der Waals surface area contributed by atoms with Crippen LogP contribution >= 0.6 is 0 Å². The van der Waals surface area contributed by atoms with Crippen LogP contribution in [-0.4, -0.2) is 42.0 Å². The van der Waals surface area contributed by atoms with Crippen molar-refractivity contribution in [3.8, 4) is 0 Å². The maximum Gasteiger partial charge on any atom is 0.352 e. The number of carboxylic acid groups (broad SMARTS) is 1. The highest BCUT2D eigenvalue weighted by Gasteiger charge is 2.26. The minimum Gasteiger partial charge on any atom is -0.477 e. The molecule has 0 radical (unpaired) electrons. The van der Waals surface area contributed by atoms with Crippen molar-refractivity contribution in [2.45, 2.75) is 31.7 Å². The lowest BCUT2D eigenvalue weighted by atomic mass is 10.3. The topological polar surface area (TPSA) is 79.6 Å². The van der Waals surface area contributed by atoms with Crippen LogP contribution in [0.2, 0.25) is 0 Å². The Hall–Kier alpha value is -1.60. The number of aromatic nitrogens is 1. The van der Waals surface area contributed by atoms with Crippen LogP contribution in [0, 0.1) is 0 Å². The van der Waals surface area contributed by atoms with Crippen molar-refractivity contribution in [3.05, 3.63) is 30.1 Å². The maximum absolute atomic E-state index is 12.4. The van der Waals surface area contributed by atoms with Gasteiger partial charge in [0, 0.05) is 25.8 Å². The summed E-state index contributed by atoms with van der Waals surface area (Å²) in [6.07, 6.45) is 1.36. The molecule has 0 atom stereocenters. The first-order valence-corrected chi connectivity index (χ1v) is 7.57. The molecular formula is C13H20N2O4S. The van der Waals surface area contributed by atoms with Crippen LogP contribution in [0.1, 0.15) is 37.3 Å². The van der Waals surface area contributed by atoms with E-state index in [4.69, 9.17) is 5.11 Å². The predicted octanol–water partition coefficient (Wildman–Crippen LogP) is 1.96. The summed E-state index contributed by atoms with van der Waals surface area (Å²) < 4.78 is 27.3. The Morgan fingerprint density at radius 3 is 2.40 bits per heavy atom. The van der Waals surface area contributed by atoms with Gasteiger partial charge in [-0.3, -0.25) is 0 Å². The Morgan fingerprint density at radius 2 is 2.05 bits per heavy atom. The van der Waals surface area contributed by atoms with Crippen LogP contribution in [-0.2, 0) is 10.0 Å². The quantitative estimate of drug-likeness (QED) is 0.814. The molecule has 112 valence electrons. The molecule has 1 rings (SSSR count). The van der Waals surface area contributed by atoms with Crippen LogP contribution in [0.4, 0.5) is 0 Å². The number of hydrogen-bond acceptors (Lipinski definition) is 3. The van der Waals surface area contributed by atoms with Crippen molar-refractivity contribution in [3.63, 3.8) is 0 Å². The molecule has 0 saturated carbocycles. The van der Waals surface area contributed by atoms with Gasteiger partial charge in [0.25, 0.3) is 0 Å². The minimum atomic E-state index is -3.71. The van der Waals surface area contributed by atoms with Crippen molar-refractivity contribution < 1.29 is 18.3 Å². The monoisotopic (exact) mass is 300 g/mol. The Kier molecular flexibility index (Phi) is 4.77. The lowest BCUT2D eigenvalue weighted by molar-refractivity contribution is 0.0683. The van der Waals surface area contributed by atoms with E-state index in [1.165, 1.54) is 23.9 Å². The number of carboxylic acids is 1. The molecule has 1 aromatic rings. The summed E-state index contributed by atoms with van der Waals surface area (Å²) >= 11 is 0. The van der Waals surface area contributed by atoms with Gasteiger partial charge in [-0.2, -0.15) is 4.31 Å². The van der Waals surface area contributed by atoms with Crippen molar-refractivity contribution >= 4 is 16.0 Å². The van der Waals surface area contributed by atoms with Gasteiger partial charge in [-0.1, -0.05) is 12.2 Å². The molecule has 0 bridgehead atoms. The number of hydrogen-bond donors (Lipinski definition) is 1. The van der Waals surface area contributed by atoms with E-state index < -0.39 is 16.0 Å². The molecule has 0 amide bonds. The molecule has 7 heteroatoms. The number of likely N-dealkylation sites (N-methyl/N-ethyl adjacent to an activating group) is 1. The van der Waals surface area contributed by atoms with Gasteiger partial charge >= 0.3 is 5.97 Å². The van der Waals surface area contributed by atoms with E-state index in [2.05, 4.69) is 6.58 Å². The minimum absolute atomic E-state index is 0.0210. The summed E-state index contributed by atoms with van der Waals surface area (Å²) in [5.41, 5.74) is 0.667. The fourth-order valence-electron chi connectivity index (χ4n) is 1.84. The molecule has 0 aliphatic rings. The van der Waals surface area contributed by atoms with Gasteiger partial charge in [-0.05, 0) is 26.8 Å². The third-order valence-corrected chi connectivity index (χ3v) is 4.57. The van der Waals surface area contributed by atoms with E-state index in [1.807, 2.05) is 0 Å². The summed E-state index contributed by atoms with van der Waals surface area (Å²) in [5.74, 6) is -1.15. The largest absolute Gasteiger partial charge is 0.477 e. The number of rotatable bonds is 6. The van der Waals surface area contributed by atoms with Gasteiger partial charge in [-0.15, -0.1) is 0 Å². The summed E-state index contributed by atoms with van der Waals surface area (Å²) in [6.45, 7) is 9.18. The third kappa shape index (κ3) is 3.29. The lowest BCUT2D eigenvalue weighted by Gasteiger charge is -2.16. The zero-order valence-corrected chi connectivity index (χ0v) is 12.9. The van der Waals surface area contributed by atoms with Gasteiger partial charge < -0.3 is 9.67 Å². The van der Waals surface area contributed by atoms with Gasteiger partial charge in [0.2, 0.25) is 10.0 Å². The highest BCUT2D eigenvalue weighted by atomic mass is 32.2. The molecule has 1 aromatic heterocycles. The normalized spacial score (nSPS) is 12.1. The summed E-state index contributed by atoms with van der Waals surface area (Å²) in [5, 5.41) is 9.13. The van der Waals surface area contributed by atoms with Crippen molar-refractivity contribution in [1.82, 2.24) is 8.87 Å².